The van der Waals surface area contributed by atoms with Crippen molar-refractivity contribution in [2.75, 3.05) is 26.2 Å². The van der Waals surface area contributed by atoms with Crippen molar-refractivity contribution in [1.82, 2.24) is 20.4 Å². The number of ether oxygens (including phenoxy) is 1. The Kier molecular flexibility index (Phi) is 46.7. The van der Waals surface area contributed by atoms with Gasteiger partial charge in [-0.3, -0.25) is 48.4 Å². The van der Waals surface area contributed by atoms with Crippen molar-refractivity contribution in [3.8, 4) is 0 Å². The van der Waals surface area contributed by atoms with Crippen molar-refractivity contribution in [2.24, 2.45) is 10.7 Å². The number of hydrogen-bond acceptors (Lipinski definition) is 13. The topological polar surface area (TPSA) is 221 Å². The van der Waals surface area contributed by atoms with Gasteiger partial charge in [0.1, 0.15) is 11.9 Å². The third-order valence-electron chi connectivity index (χ3n) is 7.18. The molecule has 6 amide bonds. The number of carbonyl (C=O) groups excluding carboxylic acids is 7. The van der Waals surface area contributed by atoms with E-state index in [4.69, 9.17) is 10.5 Å². The second kappa shape index (κ2) is 39.1. The summed E-state index contributed by atoms with van der Waals surface area (Å²) in [6, 6.07) is -0.518. The van der Waals surface area contributed by atoms with E-state index in [1.54, 1.807) is 20.8 Å². The lowest BCUT2D eigenvalue weighted by Gasteiger charge is -2.30. The Balaban J connectivity index is -0.000000152. The van der Waals surface area contributed by atoms with Crippen LogP contribution in [0.1, 0.15) is 137 Å². The second-order valence-electron chi connectivity index (χ2n) is 12.6. The Morgan fingerprint density at radius 1 is 0.759 bits per heavy atom. The minimum Gasteiger partial charge on any atom is -0.595 e. The van der Waals surface area contributed by atoms with Gasteiger partial charge < -0.3 is 26.2 Å². The first-order valence-electron chi connectivity index (χ1n) is 16.9. The van der Waals surface area contributed by atoms with E-state index in [1.165, 1.54) is 31.2 Å². The standard InChI is InChI=1S/C19H31N3O5.C14H21N3O4.6CH4.P2S2/c1-5-14(21-18(26)27-19(2,3)4)8-6-7-12-20-15(23)11-13-22-16(24)9-10-17(22)25;1-10(18)11(15)4-2-3-8-16-12(19)7-9-17-13(20)5-6-14(17)21;;;;;;;3-1-2-4/h9-10,14H,5-8,11-13H2,1-4H3,(H,20,23)(H,21,26);5-6,11H,2-4,7-9,15H2,1H3,(H,16,19);6*1H4;/p-1/t14-;11-;;;;;;;/m01......./s1. The van der Waals surface area contributed by atoms with Gasteiger partial charge in [-0.15, -0.1) is 0 Å². The van der Waals surface area contributed by atoms with E-state index in [2.05, 4.69) is 39.2 Å². The molecule has 2 atom stereocenters. The minimum atomic E-state index is -0.552. The Morgan fingerprint density at radius 2 is 1.12 bits per heavy atom. The molecule has 0 spiro atoms. The Morgan fingerprint density at radius 3 is 1.43 bits per heavy atom. The highest BCUT2D eigenvalue weighted by Gasteiger charge is 2.24. The van der Waals surface area contributed by atoms with Gasteiger partial charge in [0.25, 0.3) is 23.6 Å². The maximum Gasteiger partial charge on any atom is 0.253 e. The third-order valence-corrected chi connectivity index (χ3v) is 9.85. The van der Waals surface area contributed by atoms with E-state index in [0.29, 0.717) is 19.5 Å². The molecule has 2 aliphatic heterocycles. The van der Waals surface area contributed by atoms with Crippen molar-refractivity contribution in [3.63, 3.8) is 0 Å². The molecule has 0 aromatic rings. The third kappa shape index (κ3) is 33.6. The number of Topliss-reactive ketones (excluding diaryl/α,β-unsaturated/α-hetero) is 1. The molecule has 2 heterocycles. The summed E-state index contributed by atoms with van der Waals surface area (Å²) in [6.07, 6.45) is 9.59. The lowest BCUT2D eigenvalue weighted by Crippen LogP contribution is -2.35. The van der Waals surface area contributed by atoms with Crippen molar-refractivity contribution in [2.45, 2.75) is 155 Å². The SMILES string of the molecule is C.C.C.C.C.C.CC(=O)[C@H](N)CCCCNC(=O)CCN1C(=O)C=CC1=O.CC[C@@H](CCCCNC(=O)CCN1C(=O)C=CC1=O)N=C([O-])OC(C)(C)C.S=PP=S. The first kappa shape index (κ1) is 69.3. The number of nitrogens with two attached hydrogens (primary N) is 1. The first-order valence-corrected chi connectivity index (χ1v) is 21.4. The summed E-state index contributed by atoms with van der Waals surface area (Å²) in [6.45, 7) is 10.0. The van der Waals surface area contributed by atoms with Crippen molar-refractivity contribution >= 4 is 85.0 Å². The van der Waals surface area contributed by atoms with E-state index in [-0.39, 0.29) is 118 Å². The molecule has 0 radical (unpaired) electrons. The molecule has 2 aliphatic rings. The van der Waals surface area contributed by atoms with Gasteiger partial charge in [-0.1, -0.05) is 72.3 Å². The van der Waals surface area contributed by atoms with Gasteiger partial charge >= 0.3 is 0 Å². The van der Waals surface area contributed by atoms with E-state index in [1.807, 2.05) is 6.92 Å². The Bertz CT molecular complexity index is 1320. The molecule has 0 aliphatic carbocycles. The number of imide groups is 2. The van der Waals surface area contributed by atoms with Crippen LogP contribution in [0.5, 0.6) is 0 Å². The van der Waals surface area contributed by atoms with Crippen molar-refractivity contribution in [3.05, 3.63) is 24.3 Å². The number of unbranched alkanes of at least 4 members (excludes halogenated alkanes) is 2. The van der Waals surface area contributed by atoms with Gasteiger partial charge in [-0.05, 0) is 75.5 Å². The Hall–Kier alpha value is -3.36. The molecule has 338 valence electrons. The van der Waals surface area contributed by atoms with Crippen LogP contribution in [-0.4, -0.2) is 101 Å². The van der Waals surface area contributed by atoms with Gasteiger partial charge in [-0.25, -0.2) is 0 Å². The average molecular weight is 898 g/mol. The van der Waals surface area contributed by atoms with Crippen LogP contribution in [0, 0.1) is 0 Å². The number of rotatable bonds is 20. The highest BCUT2D eigenvalue weighted by Crippen LogP contribution is 2.12. The van der Waals surface area contributed by atoms with E-state index in [9.17, 15) is 38.7 Å². The molecular weight excluding hydrogens is 823 g/mol. The van der Waals surface area contributed by atoms with E-state index in [0.717, 1.165) is 62.4 Å². The largest absolute Gasteiger partial charge is 0.595 e. The van der Waals surface area contributed by atoms with Gasteiger partial charge in [0.2, 0.25) is 11.8 Å². The monoisotopic (exact) mass is 897 g/mol. The molecule has 0 fully saturated rings. The predicted molar refractivity (Wildman–Crippen MR) is 245 cm³/mol. The Labute approximate surface area is 363 Å². The molecule has 2 rings (SSSR count). The van der Waals surface area contributed by atoms with Crippen LogP contribution < -0.4 is 21.5 Å². The molecule has 4 N–H and O–H groups in total. The number of nitrogens with zero attached hydrogens (tertiary/aromatic N) is 3. The average Bonchev–Trinajstić information content (AvgIpc) is 3.58. The quantitative estimate of drug-likeness (QED) is 0.0425. The molecule has 0 saturated heterocycles. The summed E-state index contributed by atoms with van der Waals surface area (Å²) >= 11 is 8.82. The van der Waals surface area contributed by atoms with Crippen LogP contribution >= 0.6 is 14.1 Å². The second-order valence-corrected chi connectivity index (χ2v) is 16.8. The van der Waals surface area contributed by atoms with Crippen LogP contribution in [0.2, 0.25) is 0 Å². The molecule has 0 bridgehead atoms. The van der Waals surface area contributed by atoms with Crippen LogP contribution in [0.15, 0.2) is 29.3 Å². The maximum atomic E-state index is 11.8. The number of hydrogen-bond donors (Lipinski definition) is 3. The minimum absolute atomic E-state index is 0. The zero-order valence-corrected chi connectivity index (χ0v) is 33.9. The molecule has 15 nitrogen and oxygen atoms in total. The van der Waals surface area contributed by atoms with Crippen LogP contribution in [0.4, 0.5) is 0 Å². The molecule has 58 heavy (non-hydrogen) atoms. The zero-order valence-electron chi connectivity index (χ0n) is 30.5. The van der Waals surface area contributed by atoms with E-state index < -0.39 is 17.7 Å². The number of nitrogens with one attached hydrogen (secondary N) is 2. The van der Waals surface area contributed by atoms with Crippen LogP contribution in [-0.2, 0) is 61.9 Å². The predicted octanol–water partition coefficient (Wildman–Crippen LogP) is 5.94. The zero-order chi connectivity index (χ0) is 39.7. The van der Waals surface area contributed by atoms with Gasteiger partial charge in [0.05, 0.1) is 12.1 Å². The fourth-order valence-corrected chi connectivity index (χ4v) is 4.36. The molecule has 0 aromatic heterocycles. The van der Waals surface area contributed by atoms with Crippen LogP contribution in [0.25, 0.3) is 0 Å². The summed E-state index contributed by atoms with van der Waals surface area (Å²) in [5.74, 6) is -1.98. The van der Waals surface area contributed by atoms with Gasteiger partial charge in [-0.2, -0.15) is 0 Å². The fourth-order valence-electron chi connectivity index (χ4n) is 4.36. The number of amides is 6. The first-order chi connectivity index (χ1) is 24.4. The maximum absolute atomic E-state index is 11.8. The summed E-state index contributed by atoms with van der Waals surface area (Å²) in [5, 5.41) is 17.2. The van der Waals surface area contributed by atoms with Crippen molar-refractivity contribution < 1.29 is 43.4 Å². The smallest absolute Gasteiger partial charge is 0.253 e. The molecule has 0 saturated carbocycles. The highest BCUT2D eigenvalue weighted by atomic mass is 32.7. The van der Waals surface area contributed by atoms with Gasteiger partial charge in [0.15, 0.2) is 0 Å². The number of carbonyl (C=O) groups is 7. The summed E-state index contributed by atoms with van der Waals surface area (Å²) in [5.41, 5.74) is 5.04. The van der Waals surface area contributed by atoms with Crippen molar-refractivity contribution in [1.29, 1.82) is 0 Å². The van der Waals surface area contributed by atoms with Gasteiger partial charge in [0, 0.05) is 83.0 Å². The number of aliphatic imine (C=N–C) groups is 1. The summed E-state index contributed by atoms with van der Waals surface area (Å²) in [4.78, 5) is 85.7. The fraction of sp³-hybridized carbons (Fsp3) is 0.692. The number of ketones is 1. The van der Waals surface area contributed by atoms with E-state index >= 15 is 0 Å². The molecule has 0 aromatic carbocycles. The lowest BCUT2D eigenvalue weighted by atomic mass is 10.1. The lowest BCUT2D eigenvalue weighted by molar-refractivity contribution is -0.261. The highest BCUT2D eigenvalue weighted by molar-refractivity contribution is 8.40. The summed E-state index contributed by atoms with van der Waals surface area (Å²) < 4.78 is 5.19. The van der Waals surface area contributed by atoms with Crippen LogP contribution in [0.3, 0.4) is 0 Å². The molecule has 0 unspecified atom stereocenters. The normalized spacial score (nSPS) is 13.7. The molecule has 19 heteroatoms. The molecular formula is C39H75N6O9P2S2-. The summed E-state index contributed by atoms with van der Waals surface area (Å²) in [7, 11) is 1.74.